The first kappa shape index (κ1) is 11.2. The van der Waals surface area contributed by atoms with Crippen molar-refractivity contribution in [1.29, 1.82) is 0 Å². The predicted octanol–water partition coefficient (Wildman–Crippen LogP) is 9.87. The van der Waals surface area contributed by atoms with Crippen LogP contribution in [0, 0.1) is 0 Å². The van der Waals surface area contributed by atoms with Crippen LogP contribution in [0.1, 0.15) is 15.1 Å². The molecule has 0 unspecified atom stereocenters. The molecule has 0 atom stereocenters. The van der Waals surface area contributed by atoms with Gasteiger partial charge in [-0.25, -0.2) is 0 Å². The van der Waals surface area contributed by atoms with Gasteiger partial charge in [0.15, 0.2) is 0 Å². The summed E-state index contributed by atoms with van der Waals surface area (Å²) in [5, 5.41) is 2.01. The first-order valence-electron chi connectivity index (χ1n) is 16.6. The Kier molecular flexibility index (Phi) is 2.22. The molecule has 0 aliphatic heterocycles. The lowest BCUT2D eigenvalue weighted by Gasteiger charge is -2.09. The summed E-state index contributed by atoms with van der Waals surface area (Å²) in [6, 6.07) is 11.5. The molecule has 0 fully saturated rings. The Hall–Kier alpha value is -4.62. The van der Waals surface area contributed by atoms with E-state index in [1.165, 1.54) is 0 Å². The molecule has 0 saturated carbocycles. The van der Waals surface area contributed by atoms with E-state index in [1.54, 1.807) is 18.2 Å². The van der Waals surface area contributed by atoms with Crippen LogP contribution in [0.3, 0.4) is 0 Å². The highest BCUT2D eigenvalue weighted by Crippen LogP contribution is 2.41. The molecule has 0 amide bonds. The van der Waals surface area contributed by atoms with Gasteiger partial charge in [-0.1, -0.05) is 90.8 Å². The van der Waals surface area contributed by atoms with Gasteiger partial charge in [0.1, 0.15) is 11.2 Å². The topological polar surface area (TPSA) is 13.1 Å². The molecule has 0 spiro atoms. The average Bonchev–Trinajstić information content (AvgIpc) is 3.44. The molecule has 35 heavy (non-hydrogen) atoms. The third-order valence-corrected chi connectivity index (χ3v) is 6.47. The second kappa shape index (κ2) is 6.94. The molecular formula is C34H20O. The SMILES string of the molecule is [2H]c1c(-c2cccc3oc4ccc5ccccc5c4c23)c([2H])c2c([2H])c3c([2H])c([2H])c4c([2H])c([2H])c([2H])c([2H])c4c3c([2H])c2c1[2H]. The van der Waals surface area contributed by atoms with Crippen molar-refractivity contribution in [2.45, 2.75) is 0 Å². The van der Waals surface area contributed by atoms with Crippen molar-refractivity contribution in [1.82, 2.24) is 0 Å². The third-order valence-electron chi connectivity index (χ3n) is 6.47. The van der Waals surface area contributed by atoms with E-state index in [1.807, 2.05) is 36.4 Å². The Morgan fingerprint density at radius 1 is 0.486 bits per heavy atom. The predicted molar refractivity (Wildman–Crippen MR) is 149 cm³/mol. The lowest BCUT2D eigenvalue weighted by Crippen LogP contribution is -1.83. The highest BCUT2D eigenvalue weighted by atomic mass is 16.3. The van der Waals surface area contributed by atoms with Crippen LogP contribution < -0.4 is 0 Å². The van der Waals surface area contributed by atoms with Gasteiger partial charge in [-0.2, -0.15) is 0 Å². The third kappa shape index (κ3) is 2.70. The number of hydrogen-bond donors (Lipinski definition) is 0. The summed E-state index contributed by atoms with van der Waals surface area (Å²) in [6.07, 6.45) is 0. The van der Waals surface area contributed by atoms with Crippen molar-refractivity contribution < 1.29 is 19.5 Å². The molecule has 0 radical (unpaired) electrons. The summed E-state index contributed by atoms with van der Waals surface area (Å²) >= 11 is 0. The van der Waals surface area contributed by atoms with Gasteiger partial charge < -0.3 is 4.42 Å². The van der Waals surface area contributed by atoms with E-state index in [0.29, 0.717) is 22.1 Å². The Labute approximate surface area is 217 Å². The zero-order valence-electron chi connectivity index (χ0n) is 29.1. The Morgan fingerprint density at radius 3 is 2.34 bits per heavy atom. The molecule has 0 aliphatic rings. The van der Waals surface area contributed by atoms with E-state index in [0.717, 1.165) is 16.2 Å². The monoisotopic (exact) mass is 455 g/mol. The number of fused-ring (bicyclic) bond motifs is 9. The van der Waals surface area contributed by atoms with Crippen LogP contribution in [0.2, 0.25) is 0 Å². The summed E-state index contributed by atoms with van der Waals surface area (Å²) < 4.78 is 103. The molecule has 0 bridgehead atoms. The molecule has 1 heterocycles. The van der Waals surface area contributed by atoms with Crippen LogP contribution in [0.4, 0.5) is 0 Å². The zero-order valence-corrected chi connectivity index (χ0v) is 18.1. The highest BCUT2D eigenvalue weighted by Gasteiger charge is 2.15. The summed E-state index contributed by atoms with van der Waals surface area (Å²) in [4.78, 5) is 0. The zero-order chi connectivity index (χ0) is 32.5. The first-order chi connectivity index (χ1) is 22.0. The molecule has 0 N–H and O–H groups in total. The Morgan fingerprint density at radius 2 is 1.34 bits per heavy atom. The Bertz CT molecular complexity index is 2710. The Balaban J connectivity index is 1.59. The van der Waals surface area contributed by atoms with Crippen molar-refractivity contribution in [3.05, 3.63) is 121 Å². The summed E-state index contributed by atoms with van der Waals surface area (Å²) in [5.41, 5.74) is 1.59. The van der Waals surface area contributed by atoms with Gasteiger partial charge in [-0.3, -0.25) is 0 Å². The lowest BCUT2D eigenvalue weighted by molar-refractivity contribution is 0.669. The smallest absolute Gasteiger partial charge is 0.136 e. The van der Waals surface area contributed by atoms with Crippen LogP contribution in [-0.4, -0.2) is 0 Å². The van der Waals surface area contributed by atoms with Crippen LogP contribution in [0.5, 0.6) is 0 Å². The molecule has 162 valence electrons. The van der Waals surface area contributed by atoms with Crippen molar-refractivity contribution in [3.8, 4) is 11.1 Å². The van der Waals surface area contributed by atoms with E-state index >= 15 is 0 Å². The van der Waals surface area contributed by atoms with Gasteiger partial charge in [0, 0.05) is 10.8 Å². The molecule has 1 heteroatoms. The number of furan rings is 1. The molecule has 0 saturated heterocycles. The maximum atomic E-state index is 9.39. The van der Waals surface area contributed by atoms with E-state index in [2.05, 4.69) is 0 Å². The normalized spacial score (nSPS) is 16.4. The maximum Gasteiger partial charge on any atom is 0.136 e. The van der Waals surface area contributed by atoms with Crippen molar-refractivity contribution in [2.24, 2.45) is 0 Å². The second-order valence-electron chi connectivity index (χ2n) is 8.44. The van der Waals surface area contributed by atoms with Crippen molar-refractivity contribution in [2.75, 3.05) is 0 Å². The summed E-state index contributed by atoms with van der Waals surface area (Å²) in [6.45, 7) is 0. The number of benzene rings is 7. The van der Waals surface area contributed by atoms with Gasteiger partial charge in [-0.05, 0) is 84.5 Å². The van der Waals surface area contributed by atoms with E-state index in [9.17, 15) is 4.11 Å². The first-order valence-corrected chi connectivity index (χ1v) is 11.1. The minimum Gasteiger partial charge on any atom is -0.456 e. The summed E-state index contributed by atoms with van der Waals surface area (Å²) in [5.74, 6) is 0. The van der Waals surface area contributed by atoms with Crippen LogP contribution in [-0.2, 0) is 0 Å². The molecule has 0 aliphatic carbocycles. The van der Waals surface area contributed by atoms with E-state index in [-0.39, 0.29) is 50.0 Å². The molecule has 8 rings (SSSR count). The molecular weight excluding hydrogens is 424 g/mol. The number of rotatable bonds is 1. The average molecular weight is 456 g/mol. The van der Waals surface area contributed by atoms with Gasteiger partial charge >= 0.3 is 0 Å². The fourth-order valence-corrected chi connectivity index (χ4v) is 4.90. The van der Waals surface area contributed by atoms with Gasteiger partial charge in [-0.15, -0.1) is 0 Å². The molecule has 8 aromatic rings. The van der Waals surface area contributed by atoms with E-state index in [4.69, 9.17) is 15.4 Å². The van der Waals surface area contributed by atoms with Crippen LogP contribution >= 0.6 is 0 Å². The minimum absolute atomic E-state index is 0.0475. The van der Waals surface area contributed by atoms with E-state index < -0.39 is 54.4 Å². The lowest BCUT2D eigenvalue weighted by atomic mass is 9.93. The quantitative estimate of drug-likeness (QED) is 0.177. The van der Waals surface area contributed by atoms with Crippen LogP contribution in [0.15, 0.2) is 125 Å². The largest absolute Gasteiger partial charge is 0.456 e. The molecule has 1 nitrogen and oxygen atoms in total. The minimum atomic E-state index is -0.598. The van der Waals surface area contributed by atoms with Crippen molar-refractivity contribution in [3.63, 3.8) is 0 Å². The maximum absolute atomic E-state index is 9.39. The molecule has 7 aromatic carbocycles. The van der Waals surface area contributed by atoms with Crippen molar-refractivity contribution >= 4 is 65.0 Å². The second-order valence-corrected chi connectivity index (χ2v) is 8.44. The fourth-order valence-electron chi connectivity index (χ4n) is 4.90. The fraction of sp³-hybridized carbons (Fsp3) is 0. The summed E-state index contributed by atoms with van der Waals surface area (Å²) in [7, 11) is 0. The number of hydrogen-bond acceptors (Lipinski definition) is 1. The van der Waals surface area contributed by atoms with Gasteiger partial charge in [0.2, 0.25) is 0 Å². The van der Waals surface area contributed by atoms with Gasteiger partial charge in [0.05, 0.1) is 15.1 Å². The van der Waals surface area contributed by atoms with Crippen LogP contribution in [0.25, 0.3) is 76.2 Å². The van der Waals surface area contributed by atoms with Gasteiger partial charge in [0.25, 0.3) is 0 Å². The molecule has 1 aromatic heterocycles. The highest BCUT2D eigenvalue weighted by molar-refractivity contribution is 6.23. The standard InChI is InChI=1S/C34H20O/c1-3-8-27-21(6-1)12-14-25-19-26-18-24(15-13-23(26)20-30(25)27)29-10-5-11-31-34(29)33-28-9-4-2-7-22(28)16-17-32(33)35-31/h1-20H/i1D,3D,6D,8D,12D,13D,14D,15D,18D,19D,20D.